The van der Waals surface area contributed by atoms with Gasteiger partial charge in [-0.2, -0.15) is 0 Å². The average Bonchev–Trinajstić information content (AvgIpc) is 3.05. The number of aromatic nitrogens is 3. The van der Waals surface area contributed by atoms with Crippen LogP contribution in [0.3, 0.4) is 0 Å². The molecule has 7 heteroatoms. The SMILES string of the molecule is CCCCCCCCCNC(=NCc1nnc2ccccn12)NCC.I. The van der Waals surface area contributed by atoms with Crippen molar-refractivity contribution < 1.29 is 0 Å². The minimum absolute atomic E-state index is 0. The van der Waals surface area contributed by atoms with E-state index >= 15 is 0 Å². The summed E-state index contributed by atoms with van der Waals surface area (Å²) in [4.78, 5) is 4.64. The van der Waals surface area contributed by atoms with E-state index in [0.717, 1.165) is 30.5 Å². The van der Waals surface area contributed by atoms with Gasteiger partial charge < -0.3 is 10.6 Å². The molecule has 0 atom stereocenters. The molecule has 0 spiro atoms. The molecule has 0 saturated carbocycles. The Bertz CT molecular complexity index is 640. The molecule has 0 aliphatic rings. The Morgan fingerprint density at radius 3 is 2.54 bits per heavy atom. The third-order valence-electron chi connectivity index (χ3n) is 4.18. The molecule has 0 unspecified atom stereocenters. The molecule has 2 aromatic rings. The fourth-order valence-electron chi connectivity index (χ4n) is 2.78. The van der Waals surface area contributed by atoms with Gasteiger partial charge in [0.1, 0.15) is 6.54 Å². The highest BCUT2D eigenvalue weighted by atomic mass is 127. The first-order valence-electron chi connectivity index (χ1n) is 9.66. The van der Waals surface area contributed by atoms with Gasteiger partial charge in [-0.15, -0.1) is 34.2 Å². The Morgan fingerprint density at radius 2 is 1.77 bits per heavy atom. The van der Waals surface area contributed by atoms with Gasteiger partial charge in [-0.05, 0) is 25.5 Å². The van der Waals surface area contributed by atoms with Crippen LogP contribution < -0.4 is 10.6 Å². The van der Waals surface area contributed by atoms with E-state index in [1.807, 2.05) is 28.8 Å². The number of nitrogens with zero attached hydrogens (tertiary/aromatic N) is 4. The highest BCUT2D eigenvalue weighted by molar-refractivity contribution is 14.0. The molecule has 2 aromatic heterocycles. The number of unbranched alkanes of at least 4 members (excludes halogenated alkanes) is 6. The van der Waals surface area contributed by atoms with E-state index in [1.165, 1.54) is 44.9 Å². The zero-order valence-electron chi connectivity index (χ0n) is 16.1. The van der Waals surface area contributed by atoms with Crippen LogP contribution in [0.4, 0.5) is 0 Å². The summed E-state index contributed by atoms with van der Waals surface area (Å²) >= 11 is 0. The van der Waals surface area contributed by atoms with Crippen LogP contribution in [-0.4, -0.2) is 33.6 Å². The van der Waals surface area contributed by atoms with Gasteiger partial charge >= 0.3 is 0 Å². The molecule has 0 aliphatic heterocycles. The molecule has 26 heavy (non-hydrogen) atoms. The summed E-state index contributed by atoms with van der Waals surface area (Å²) in [5.74, 6) is 1.70. The summed E-state index contributed by atoms with van der Waals surface area (Å²) in [6.45, 7) is 6.66. The van der Waals surface area contributed by atoms with E-state index in [4.69, 9.17) is 0 Å². The Morgan fingerprint density at radius 1 is 1.00 bits per heavy atom. The van der Waals surface area contributed by atoms with E-state index in [2.05, 4.69) is 39.7 Å². The molecule has 0 aromatic carbocycles. The predicted molar refractivity (Wildman–Crippen MR) is 119 cm³/mol. The molecule has 0 fully saturated rings. The number of nitrogens with one attached hydrogen (secondary N) is 2. The van der Waals surface area contributed by atoms with E-state index in [9.17, 15) is 0 Å². The van der Waals surface area contributed by atoms with Crippen molar-refractivity contribution in [2.75, 3.05) is 13.1 Å². The van der Waals surface area contributed by atoms with E-state index < -0.39 is 0 Å². The molecule has 0 aliphatic carbocycles. The quantitative estimate of drug-likeness (QED) is 0.223. The molecule has 2 N–H and O–H groups in total. The maximum atomic E-state index is 4.64. The Hall–Kier alpha value is -1.38. The molecule has 0 saturated heterocycles. The number of fused-ring (bicyclic) bond motifs is 1. The van der Waals surface area contributed by atoms with Crippen molar-refractivity contribution in [2.24, 2.45) is 4.99 Å². The number of halogens is 1. The van der Waals surface area contributed by atoms with Crippen molar-refractivity contribution in [1.82, 2.24) is 25.2 Å². The standard InChI is InChI=1S/C19H32N6.HI/c1-3-5-6-7-8-9-11-14-21-19(20-4-2)22-16-18-24-23-17-13-10-12-15-25(17)18;/h10,12-13,15H,3-9,11,14,16H2,1-2H3,(H2,20,21,22);1H. The first-order valence-corrected chi connectivity index (χ1v) is 9.66. The lowest BCUT2D eigenvalue weighted by Gasteiger charge is -2.11. The van der Waals surface area contributed by atoms with Crippen LogP contribution in [0.15, 0.2) is 29.4 Å². The number of guanidine groups is 1. The molecule has 0 bridgehead atoms. The summed E-state index contributed by atoms with van der Waals surface area (Å²) in [7, 11) is 0. The second kappa shape index (κ2) is 13.8. The van der Waals surface area contributed by atoms with Crippen LogP contribution in [0, 0.1) is 0 Å². The third-order valence-corrected chi connectivity index (χ3v) is 4.18. The highest BCUT2D eigenvalue weighted by Crippen LogP contribution is 2.06. The Labute approximate surface area is 174 Å². The van der Waals surface area contributed by atoms with Crippen LogP contribution in [0.25, 0.3) is 5.65 Å². The van der Waals surface area contributed by atoms with Gasteiger partial charge in [0.25, 0.3) is 0 Å². The highest BCUT2D eigenvalue weighted by Gasteiger charge is 2.04. The zero-order chi connectivity index (χ0) is 17.7. The fourth-order valence-corrected chi connectivity index (χ4v) is 2.78. The molecule has 0 radical (unpaired) electrons. The average molecular weight is 472 g/mol. The second-order valence-corrected chi connectivity index (χ2v) is 6.29. The van der Waals surface area contributed by atoms with Crippen molar-refractivity contribution in [3.8, 4) is 0 Å². The molecule has 0 amide bonds. The van der Waals surface area contributed by atoms with E-state index in [1.54, 1.807) is 0 Å². The van der Waals surface area contributed by atoms with Crippen LogP contribution in [0.1, 0.15) is 64.6 Å². The molecule has 146 valence electrons. The number of aliphatic imine (C=N–C) groups is 1. The van der Waals surface area contributed by atoms with Crippen LogP contribution in [0.5, 0.6) is 0 Å². The van der Waals surface area contributed by atoms with Gasteiger partial charge in [0.15, 0.2) is 17.4 Å². The lowest BCUT2D eigenvalue weighted by atomic mass is 10.1. The van der Waals surface area contributed by atoms with Crippen LogP contribution in [0.2, 0.25) is 0 Å². The molecule has 2 rings (SSSR count). The van der Waals surface area contributed by atoms with E-state index in [-0.39, 0.29) is 24.0 Å². The lowest BCUT2D eigenvalue weighted by Crippen LogP contribution is -2.37. The summed E-state index contributed by atoms with van der Waals surface area (Å²) < 4.78 is 1.98. The van der Waals surface area contributed by atoms with Gasteiger partial charge in [0.05, 0.1) is 0 Å². The maximum Gasteiger partial charge on any atom is 0.191 e. The maximum absolute atomic E-state index is 4.64. The van der Waals surface area contributed by atoms with Gasteiger partial charge in [-0.1, -0.05) is 51.5 Å². The number of rotatable bonds is 11. The largest absolute Gasteiger partial charge is 0.357 e. The zero-order valence-corrected chi connectivity index (χ0v) is 18.4. The Balaban J connectivity index is 0.00000338. The number of hydrogen-bond donors (Lipinski definition) is 2. The van der Waals surface area contributed by atoms with Crippen LogP contribution in [-0.2, 0) is 6.54 Å². The second-order valence-electron chi connectivity index (χ2n) is 6.29. The first kappa shape index (κ1) is 22.7. The lowest BCUT2D eigenvalue weighted by molar-refractivity contribution is 0.583. The van der Waals surface area contributed by atoms with Crippen molar-refractivity contribution in [1.29, 1.82) is 0 Å². The van der Waals surface area contributed by atoms with Crippen molar-refractivity contribution >= 4 is 35.6 Å². The minimum atomic E-state index is 0. The normalized spacial score (nSPS) is 11.4. The smallest absolute Gasteiger partial charge is 0.191 e. The van der Waals surface area contributed by atoms with Crippen molar-refractivity contribution in [3.63, 3.8) is 0 Å². The molecular formula is C19H33IN6. The number of pyridine rings is 1. The van der Waals surface area contributed by atoms with Crippen molar-refractivity contribution in [3.05, 3.63) is 30.2 Å². The fraction of sp³-hybridized carbons (Fsp3) is 0.632. The summed E-state index contributed by atoms with van der Waals surface area (Å²) in [6, 6.07) is 5.89. The predicted octanol–water partition coefficient (Wildman–Crippen LogP) is 4.15. The van der Waals surface area contributed by atoms with Gasteiger partial charge in [0, 0.05) is 19.3 Å². The molecular weight excluding hydrogens is 439 g/mol. The van der Waals surface area contributed by atoms with Gasteiger partial charge in [-0.25, -0.2) is 4.99 Å². The molecule has 6 nitrogen and oxygen atoms in total. The Kier molecular flexibility index (Phi) is 12.0. The monoisotopic (exact) mass is 472 g/mol. The van der Waals surface area contributed by atoms with Crippen molar-refractivity contribution in [2.45, 2.75) is 65.3 Å². The van der Waals surface area contributed by atoms with Crippen LogP contribution >= 0.6 is 24.0 Å². The number of hydrogen-bond acceptors (Lipinski definition) is 3. The minimum Gasteiger partial charge on any atom is -0.357 e. The summed E-state index contributed by atoms with van der Waals surface area (Å²) in [5.41, 5.74) is 0.855. The van der Waals surface area contributed by atoms with Gasteiger partial charge in [-0.3, -0.25) is 4.40 Å². The van der Waals surface area contributed by atoms with E-state index in [0.29, 0.717) is 6.54 Å². The first-order chi connectivity index (χ1) is 12.3. The molecule has 2 heterocycles. The topological polar surface area (TPSA) is 66.6 Å². The van der Waals surface area contributed by atoms with Gasteiger partial charge in [0.2, 0.25) is 0 Å². The summed E-state index contributed by atoms with van der Waals surface area (Å²) in [5, 5.41) is 15.1. The summed E-state index contributed by atoms with van der Waals surface area (Å²) in [6.07, 6.45) is 11.2. The third kappa shape index (κ3) is 7.88.